The topological polar surface area (TPSA) is 72.9 Å². The highest BCUT2D eigenvalue weighted by molar-refractivity contribution is 6.03. The summed E-state index contributed by atoms with van der Waals surface area (Å²) in [5.74, 6) is -0.509. The number of amides is 1. The minimum atomic E-state index is -0.453. The first-order valence-corrected chi connectivity index (χ1v) is 4.91. The summed E-state index contributed by atoms with van der Waals surface area (Å²) in [4.78, 5) is 15.5. The minimum Gasteiger partial charge on any atom is -0.397 e. The molecule has 88 valence electrons. The van der Waals surface area contributed by atoms with E-state index in [-0.39, 0.29) is 11.7 Å². The fourth-order valence-corrected chi connectivity index (χ4v) is 1.45. The molecule has 2 aromatic rings. The van der Waals surface area contributed by atoms with E-state index in [9.17, 15) is 9.18 Å². The summed E-state index contributed by atoms with van der Waals surface area (Å²) in [6.07, 6.45) is 2.67. The lowest BCUT2D eigenvalue weighted by molar-refractivity contribution is 0.101. The van der Waals surface area contributed by atoms with Gasteiger partial charge in [-0.05, 0) is 18.2 Å². The largest absolute Gasteiger partial charge is 0.397 e. The summed E-state index contributed by atoms with van der Waals surface area (Å²) in [7, 11) is 1.71. The van der Waals surface area contributed by atoms with Crippen LogP contribution in [0, 0.1) is 5.82 Å². The second kappa shape index (κ2) is 4.25. The van der Waals surface area contributed by atoms with E-state index in [1.807, 2.05) is 0 Å². The van der Waals surface area contributed by atoms with Gasteiger partial charge in [0.05, 0.1) is 11.9 Å². The number of carbonyl (C=O) groups excluding carboxylic acids is 1. The van der Waals surface area contributed by atoms with Crippen LogP contribution in [0.2, 0.25) is 0 Å². The molecule has 0 saturated carbocycles. The zero-order chi connectivity index (χ0) is 12.4. The van der Waals surface area contributed by atoms with Crippen molar-refractivity contribution in [1.29, 1.82) is 0 Å². The second-order valence-electron chi connectivity index (χ2n) is 3.59. The first-order valence-electron chi connectivity index (χ1n) is 4.91. The highest BCUT2D eigenvalue weighted by Gasteiger charge is 2.11. The number of aromatic nitrogens is 2. The number of rotatable bonds is 2. The Morgan fingerprint density at radius 3 is 2.82 bits per heavy atom. The Morgan fingerprint density at radius 1 is 1.53 bits per heavy atom. The predicted octanol–water partition coefficient (Wildman–Crippen LogP) is 1.39. The molecule has 2 heterocycles. The maximum Gasteiger partial charge on any atom is 0.273 e. The fraction of sp³-hybridized carbons (Fsp3) is 0.0909. The predicted molar refractivity (Wildman–Crippen MR) is 62.0 cm³/mol. The first kappa shape index (κ1) is 11.1. The van der Waals surface area contributed by atoms with Gasteiger partial charge in [0.2, 0.25) is 0 Å². The number of aryl methyl sites for hydroxylation is 1. The number of halogens is 1. The van der Waals surface area contributed by atoms with E-state index in [4.69, 9.17) is 5.73 Å². The van der Waals surface area contributed by atoms with E-state index < -0.39 is 5.82 Å². The van der Waals surface area contributed by atoms with Crippen LogP contribution in [0.5, 0.6) is 0 Å². The van der Waals surface area contributed by atoms with Gasteiger partial charge < -0.3 is 15.6 Å². The van der Waals surface area contributed by atoms with Crippen molar-refractivity contribution in [3.63, 3.8) is 0 Å². The quantitative estimate of drug-likeness (QED) is 0.824. The van der Waals surface area contributed by atoms with Crippen LogP contribution in [0.4, 0.5) is 15.9 Å². The lowest BCUT2D eigenvalue weighted by Crippen LogP contribution is -2.16. The van der Waals surface area contributed by atoms with Crippen LogP contribution in [0.15, 0.2) is 30.6 Å². The Morgan fingerprint density at radius 2 is 2.29 bits per heavy atom. The Balaban J connectivity index is 2.17. The maximum absolute atomic E-state index is 12.6. The number of nitrogen functional groups attached to an aromatic ring is 1. The van der Waals surface area contributed by atoms with E-state index in [1.54, 1.807) is 23.9 Å². The van der Waals surface area contributed by atoms with Crippen molar-refractivity contribution < 1.29 is 9.18 Å². The van der Waals surface area contributed by atoms with Crippen molar-refractivity contribution in [3.05, 3.63) is 42.1 Å². The van der Waals surface area contributed by atoms with Gasteiger partial charge in [0.1, 0.15) is 17.3 Å². The Bertz CT molecular complexity index is 547. The number of nitrogens with two attached hydrogens (primary N) is 1. The molecular formula is C11H11FN4O. The Kier molecular flexibility index (Phi) is 2.78. The van der Waals surface area contributed by atoms with Crippen LogP contribution in [-0.2, 0) is 7.05 Å². The summed E-state index contributed by atoms with van der Waals surface area (Å²) in [6.45, 7) is 0. The molecule has 0 atom stereocenters. The molecular weight excluding hydrogens is 223 g/mol. The number of hydrogen-bond donors (Lipinski definition) is 2. The van der Waals surface area contributed by atoms with Crippen molar-refractivity contribution in [2.45, 2.75) is 0 Å². The van der Waals surface area contributed by atoms with E-state index in [1.165, 1.54) is 12.1 Å². The maximum atomic E-state index is 12.6. The summed E-state index contributed by atoms with van der Waals surface area (Å²) in [5.41, 5.74) is 6.48. The third kappa shape index (κ3) is 2.41. The molecule has 0 unspecified atom stereocenters. The summed E-state index contributed by atoms with van der Waals surface area (Å²) >= 11 is 0. The molecule has 5 nitrogen and oxygen atoms in total. The van der Waals surface area contributed by atoms with Crippen molar-refractivity contribution in [2.24, 2.45) is 7.05 Å². The molecule has 3 N–H and O–H groups in total. The van der Waals surface area contributed by atoms with Gasteiger partial charge in [-0.3, -0.25) is 4.79 Å². The van der Waals surface area contributed by atoms with Crippen molar-refractivity contribution in [1.82, 2.24) is 9.55 Å². The van der Waals surface area contributed by atoms with Crippen LogP contribution in [0.3, 0.4) is 0 Å². The summed E-state index contributed by atoms with van der Waals surface area (Å²) in [5, 5.41) is 2.55. The standard InChI is InChI=1S/C11H11FN4O/c1-16-6-8(13)4-9(16)11(17)15-10-3-2-7(12)5-14-10/h2-6H,13H2,1H3,(H,14,15,17). The Labute approximate surface area is 97.1 Å². The SMILES string of the molecule is Cn1cc(N)cc1C(=O)Nc1ccc(F)cn1. The van der Waals surface area contributed by atoms with Crippen molar-refractivity contribution in [2.75, 3.05) is 11.1 Å². The van der Waals surface area contributed by atoms with E-state index in [2.05, 4.69) is 10.3 Å². The van der Waals surface area contributed by atoms with E-state index in [0.717, 1.165) is 6.20 Å². The van der Waals surface area contributed by atoms with Gasteiger partial charge in [0.25, 0.3) is 5.91 Å². The van der Waals surface area contributed by atoms with Gasteiger partial charge in [-0.1, -0.05) is 0 Å². The van der Waals surface area contributed by atoms with Gasteiger partial charge >= 0.3 is 0 Å². The van der Waals surface area contributed by atoms with E-state index in [0.29, 0.717) is 11.4 Å². The highest BCUT2D eigenvalue weighted by Crippen LogP contribution is 2.11. The third-order valence-corrected chi connectivity index (χ3v) is 2.23. The molecule has 6 heteroatoms. The van der Waals surface area contributed by atoms with Crippen molar-refractivity contribution >= 4 is 17.4 Å². The molecule has 0 saturated heterocycles. The van der Waals surface area contributed by atoms with Crippen LogP contribution >= 0.6 is 0 Å². The molecule has 0 aliphatic rings. The third-order valence-electron chi connectivity index (χ3n) is 2.23. The molecule has 0 radical (unpaired) electrons. The molecule has 0 aromatic carbocycles. The molecule has 0 aliphatic heterocycles. The molecule has 0 fully saturated rings. The Hall–Kier alpha value is -2.37. The molecule has 0 aliphatic carbocycles. The normalized spacial score (nSPS) is 10.2. The summed E-state index contributed by atoms with van der Waals surface area (Å²) < 4.78 is 14.2. The molecule has 0 spiro atoms. The lowest BCUT2D eigenvalue weighted by Gasteiger charge is -2.04. The average Bonchev–Trinajstić information content (AvgIpc) is 2.61. The number of hydrogen-bond acceptors (Lipinski definition) is 3. The van der Waals surface area contributed by atoms with Gasteiger partial charge in [-0.25, -0.2) is 9.37 Å². The molecule has 17 heavy (non-hydrogen) atoms. The molecule has 0 bridgehead atoms. The molecule has 2 aromatic heterocycles. The zero-order valence-corrected chi connectivity index (χ0v) is 9.14. The number of carbonyl (C=O) groups is 1. The summed E-state index contributed by atoms with van der Waals surface area (Å²) in [6, 6.07) is 4.17. The monoisotopic (exact) mass is 234 g/mol. The highest BCUT2D eigenvalue weighted by atomic mass is 19.1. The van der Waals surface area contributed by atoms with Crippen LogP contribution in [0.1, 0.15) is 10.5 Å². The molecule has 2 rings (SSSR count). The zero-order valence-electron chi connectivity index (χ0n) is 9.14. The lowest BCUT2D eigenvalue weighted by atomic mass is 10.3. The molecule has 1 amide bonds. The number of pyridine rings is 1. The van der Waals surface area contributed by atoms with E-state index >= 15 is 0 Å². The van der Waals surface area contributed by atoms with Gasteiger partial charge in [-0.15, -0.1) is 0 Å². The smallest absolute Gasteiger partial charge is 0.273 e. The van der Waals surface area contributed by atoms with Gasteiger partial charge in [0.15, 0.2) is 0 Å². The van der Waals surface area contributed by atoms with Crippen molar-refractivity contribution in [3.8, 4) is 0 Å². The second-order valence-corrected chi connectivity index (χ2v) is 3.59. The van der Waals surface area contributed by atoms with Crippen LogP contribution in [-0.4, -0.2) is 15.5 Å². The fourth-order valence-electron chi connectivity index (χ4n) is 1.45. The number of anilines is 2. The van der Waals surface area contributed by atoms with Crippen LogP contribution in [0.25, 0.3) is 0 Å². The van der Waals surface area contributed by atoms with Gasteiger partial charge in [-0.2, -0.15) is 0 Å². The first-order chi connectivity index (χ1) is 8.06. The van der Waals surface area contributed by atoms with Gasteiger partial charge in [0, 0.05) is 13.2 Å². The number of nitrogens with one attached hydrogen (secondary N) is 1. The number of nitrogens with zero attached hydrogens (tertiary/aromatic N) is 2. The minimum absolute atomic E-state index is 0.288. The van der Waals surface area contributed by atoms with Crippen LogP contribution < -0.4 is 11.1 Å². The average molecular weight is 234 g/mol.